The number of aliphatic hydroxyl groups excluding tert-OH is 1. The van der Waals surface area contributed by atoms with Gasteiger partial charge in [-0.25, -0.2) is 4.57 Å². The summed E-state index contributed by atoms with van der Waals surface area (Å²) in [6.45, 7) is 3.35. The molecule has 0 fully saturated rings. The molecule has 0 unspecified atom stereocenters. The van der Waals surface area contributed by atoms with E-state index in [1.165, 1.54) is 19.3 Å². The summed E-state index contributed by atoms with van der Waals surface area (Å²) in [5, 5.41) is 10.2. The molecule has 10 nitrogen and oxygen atoms in total. The van der Waals surface area contributed by atoms with Crippen molar-refractivity contribution in [2.75, 3.05) is 13.2 Å². The van der Waals surface area contributed by atoms with Crippen LogP contribution in [0.5, 0.6) is 0 Å². The Morgan fingerprint density at radius 1 is 0.759 bits per heavy atom. The van der Waals surface area contributed by atoms with Gasteiger partial charge in [-0.1, -0.05) is 126 Å². The van der Waals surface area contributed by atoms with Crippen LogP contribution in [-0.4, -0.2) is 58.0 Å². The Morgan fingerprint density at radius 3 is 2.04 bits per heavy atom. The molecule has 306 valence electrons. The second-order valence-electron chi connectivity index (χ2n) is 13.9. The maximum Gasteiger partial charge on any atom is 0.469 e. The zero-order valence-corrected chi connectivity index (χ0v) is 33.8. The number of phosphoric acid groups is 1. The van der Waals surface area contributed by atoms with Gasteiger partial charge in [0, 0.05) is 18.8 Å². The van der Waals surface area contributed by atoms with E-state index in [-0.39, 0.29) is 37.1 Å². The summed E-state index contributed by atoms with van der Waals surface area (Å²) in [5.41, 5.74) is 0. The van der Waals surface area contributed by atoms with Gasteiger partial charge in [-0.2, -0.15) is 0 Å². The Balaban J connectivity index is 2.29. The summed E-state index contributed by atoms with van der Waals surface area (Å²) in [5.74, 6) is -1.29. The van der Waals surface area contributed by atoms with E-state index in [1.54, 1.807) is 12.2 Å². The molecule has 0 aliphatic heterocycles. The number of hydrogen-bond acceptors (Lipinski definition) is 8. The summed E-state index contributed by atoms with van der Waals surface area (Å²) in [6, 6.07) is 0. The van der Waals surface area contributed by atoms with Crippen molar-refractivity contribution in [2.24, 2.45) is 11.8 Å². The fourth-order valence-corrected chi connectivity index (χ4v) is 6.14. The van der Waals surface area contributed by atoms with Gasteiger partial charge in [-0.3, -0.25) is 18.9 Å². The van der Waals surface area contributed by atoms with Crippen LogP contribution in [0.3, 0.4) is 0 Å². The molecule has 11 heteroatoms. The van der Waals surface area contributed by atoms with E-state index in [4.69, 9.17) is 19.3 Å². The molecular weight excluding hydrogens is 707 g/mol. The SMILES string of the molecule is CCCCC/C=C\C/C=C\C/C=C\CCCCCCC(=O)O[C@H](COC(=O)CCC/C=C\C[C@H]1C=CC(=O)[C@@H]1/C=C/[C@@H](O)CCCCC)COP(=O)(O)O. The normalized spacial score (nSPS) is 17.6. The minimum absolute atomic E-state index is 0.0238. The molecule has 0 aromatic heterocycles. The van der Waals surface area contributed by atoms with Crippen LogP contribution in [0.4, 0.5) is 0 Å². The number of unbranched alkanes of at least 4 members (excludes halogenated alkanes) is 10. The van der Waals surface area contributed by atoms with Crippen LogP contribution < -0.4 is 0 Å². The summed E-state index contributed by atoms with van der Waals surface area (Å²) >= 11 is 0. The zero-order chi connectivity index (χ0) is 39.7. The van der Waals surface area contributed by atoms with E-state index < -0.39 is 38.6 Å². The highest BCUT2D eigenvalue weighted by atomic mass is 31.2. The average molecular weight is 777 g/mol. The molecule has 0 saturated carbocycles. The molecule has 1 aliphatic rings. The van der Waals surface area contributed by atoms with Crippen LogP contribution in [0.25, 0.3) is 0 Å². The molecule has 0 bridgehead atoms. The van der Waals surface area contributed by atoms with Gasteiger partial charge in [0.25, 0.3) is 0 Å². The topological polar surface area (TPSA) is 157 Å². The minimum Gasteiger partial charge on any atom is -0.462 e. The number of aliphatic hydroxyl groups is 1. The third-order valence-corrected chi connectivity index (χ3v) is 9.43. The minimum atomic E-state index is -4.81. The van der Waals surface area contributed by atoms with E-state index in [9.17, 15) is 24.1 Å². The van der Waals surface area contributed by atoms with Crippen LogP contribution >= 0.6 is 7.82 Å². The van der Waals surface area contributed by atoms with Crippen LogP contribution in [0, 0.1) is 11.8 Å². The maximum absolute atomic E-state index is 12.4. The molecule has 1 rings (SSSR count). The lowest BCUT2D eigenvalue weighted by Gasteiger charge is -2.18. The lowest BCUT2D eigenvalue weighted by molar-refractivity contribution is -0.161. The molecule has 0 spiro atoms. The lowest BCUT2D eigenvalue weighted by atomic mass is 9.90. The van der Waals surface area contributed by atoms with Gasteiger partial charge in [-0.05, 0) is 82.6 Å². The number of esters is 2. The van der Waals surface area contributed by atoms with Crippen LogP contribution in [0.1, 0.15) is 142 Å². The third kappa shape index (κ3) is 28.5. The average Bonchev–Trinajstić information content (AvgIpc) is 3.49. The van der Waals surface area contributed by atoms with Crippen LogP contribution in [-0.2, 0) is 32.9 Å². The summed E-state index contributed by atoms with van der Waals surface area (Å²) < 4.78 is 26.3. The van der Waals surface area contributed by atoms with Crippen molar-refractivity contribution >= 4 is 25.5 Å². The zero-order valence-electron chi connectivity index (χ0n) is 32.9. The van der Waals surface area contributed by atoms with Crippen molar-refractivity contribution in [3.8, 4) is 0 Å². The van der Waals surface area contributed by atoms with Crippen LogP contribution in [0.15, 0.2) is 72.9 Å². The largest absolute Gasteiger partial charge is 0.469 e. The smallest absolute Gasteiger partial charge is 0.462 e. The molecule has 1 aliphatic carbocycles. The third-order valence-electron chi connectivity index (χ3n) is 8.95. The first kappa shape index (κ1) is 49.1. The quantitative estimate of drug-likeness (QED) is 0.0254. The number of ketones is 1. The second kappa shape index (κ2) is 32.4. The molecule has 3 N–H and O–H groups in total. The van der Waals surface area contributed by atoms with Gasteiger partial charge in [0.2, 0.25) is 0 Å². The number of carbonyl (C=O) groups excluding carboxylic acids is 3. The highest BCUT2D eigenvalue weighted by Gasteiger charge is 2.27. The standard InChI is InChI=1S/C43H69O10P/c1-3-5-7-8-9-10-11-12-13-14-15-16-17-18-19-20-26-30-43(47)53-39(36-52-54(48,49)50)35-51-42(46)29-25-22-21-24-27-37-31-34-41(45)40(37)33-32-38(44)28-23-6-4-2/h9-10,12-13,15-16,21,24,31-34,37-40,44H,3-8,11,14,17-20,22-23,25-30,35-36H2,1-2H3,(H2,48,49,50)/b10-9-,13-12-,16-15-,24-21-,33-32+/t37-,38-,39+,40+/m0/s1. The molecule has 0 amide bonds. The van der Waals surface area contributed by atoms with Crippen molar-refractivity contribution in [1.82, 2.24) is 0 Å². The van der Waals surface area contributed by atoms with Crippen molar-refractivity contribution in [3.63, 3.8) is 0 Å². The molecule has 0 aromatic rings. The number of hydrogen-bond donors (Lipinski definition) is 3. The molecule has 4 atom stereocenters. The van der Waals surface area contributed by atoms with Gasteiger partial charge in [0.1, 0.15) is 6.61 Å². The predicted molar refractivity (Wildman–Crippen MR) is 215 cm³/mol. The van der Waals surface area contributed by atoms with Crippen molar-refractivity contribution in [1.29, 1.82) is 0 Å². The number of carbonyl (C=O) groups is 3. The molecular formula is C43H69O10P. The monoisotopic (exact) mass is 776 g/mol. The Labute approximate surface area is 325 Å². The first-order chi connectivity index (χ1) is 26.1. The fraction of sp³-hybridized carbons (Fsp3) is 0.651. The summed E-state index contributed by atoms with van der Waals surface area (Å²) in [7, 11) is -4.81. The lowest BCUT2D eigenvalue weighted by Crippen LogP contribution is -2.29. The van der Waals surface area contributed by atoms with Crippen molar-refractivity contribution in [2.45, 2.75) is 154 Å². The molecule has 0 saturated heterocycles. The van der Waals surface area contributed by atoms with E-state index in [2.05, 4.69) is 54.8 Å². The predicted octanol–water partition coefficient (Wildman–Crippen LogP) is 9.91. The first-order valence-corrected chi connectivity index (χ1v) is 21.8. The van der Waals surface area contributed by atoms with Crippen LogP contribution in [0.2, 0.25) is 0 Å². The highest BCUT2D eigenvalue weighted by molar-refractivity contribution is 7.46. The molecule has 54 heavy (non-hydrogen) atoms. The van der Waals surface area contributed by atoms with Crippen molar-refractivity contribution < 1.29 is 47.8 Å². The number of allylic oxidation sites excluding steroid dienone is 11. The summed E-state index contributed by atoms with van der Waals surface area (Å²) in [6.07, 6.45) is 39.6. The van der Waals surface area contributed by atoms with E-state index in [0.717, 1.165) is 64.2 Å². The van der Waals surface area contributed by atoms with Gasteiger partial charge >= 0.3 is 19.8 Å². The highest BCUT2D eigenvalue weighted by Crippen LogP contribution is 2.36. The number of rotatable bonds is 33. The van der Waals surface area contributed by atoms with Gasteiger partial charge in [-0.15, -0.1) is 0 Å². The maximum atomic E-state index is 12.4. The fourth-order valence-electron chi connectivity index (χ4n) is 5.78. The molecule has 0 radical (unpaired) electrons. The van der Waals surface area contributed by atoms with Crippen molar-refractivity contribution in [3.05, 3.63) is 72.9 Å². The Bertz CT molecular complexity index is 1240. The number of ether oxygens (including phenoxy) is 2. The second-order valence-corrected chi connectivity index (χ2v) is 15.2. The van der Waals surface area contributed by atoms with Gasteiger partial charge in [0.15, 0.2) is 11.9 Å². The molecule has 0 aromatic carbocycles. The Morgan fingerprint density at radius 2 is 1.35 bits per heavy atom. The summed E-state index contributed by atoms with van der Waals surface area (Å²) in [4.78, 5) is 55.3. The van der Waals surface area contributed by atoms with E-state index >= 15 is 0 Å². The van der Waals surface area contributed by atoms with E-state index in [1.807, 2.05) is 24.3 Å². The first-order valence-electron chi connectivity index (χ1n) is 20.3. The van der Waals surface area contributed by atoms with Gasteiger partial charge < -0.3 is 24.4 Å². The Kier molecular flexibility index (Phi) is 29.5. The Hall–Kier alpha value is -2.88. The van der Waals surface area contributed by atoms with E-state index in [0.29, 0.717) is 32.1 Å². The number of phosphoric ester groups is 1. The molecule has 0 heterocycles. The van der Waals surface area contributed by atoms with Gasteiger partial charge in [0.05, 0.1) is 12.7 Å².